The van der Waals surface area contributed by atoms with Gasteiger partial charge < -0.3 is 38.3 Å². The van der Waals surface area contributed by atoms with Gasteiger partial charge in [0.05, 0.1) is 6.04 Å². The molecule has 1 aromatic rings. The summed E-state index contributed by atoms with van der Waals surface area (Å²) < 4.78 is 0. The molecule has 1 aromatic carbocycles. The van der Waals surface area contributed by atoms with Crippen molar-refractivity contribution in [3.8, 4) is 0 Å². The van der Waals surface area contributed by atoms with E-state index in [1.165, 1.54) is 6.92 Å². The van der Waals surface area contributed by atoms with E-state index in [0.29, 0.717) is 12.8 Å². The summed E-state index contributed by atoms with van der Waals surface area (Å²) in [6, 6.07) is 5.02. The average molecular weight is 496 g/mol. The molecule has 0 aliphatic carbocycles. The number of rotatable bonds is 14. The molecule has 34 heavy (non-hydrogen) atoms. The Bertz CT molecular complexity index is 864. The minimum atomic E-state index is -1.24. The highest BCUT2D eigenvalue weighted by Crippen LogP contribution is 2.03. The molecule has 0 fully saturated rings. The molecule has 0 spiro atoms. The van der Waals surface area contributed by atoms with Gasteiger partial charge in [-0.2, -0.15) is 12.6 Å². The first-order valence-electron chi connectivity index (χ1n) is 10.6. The van der Waals surface area contributed by atoms with E-state index in [1.54, 1.807) is 0 Å². The van der Waals surface area contributed by atoms with Gasteiger partial charge in [0.2, 0.25) is 17.7 Å². The first kappa shape index (κ1) is 28.7. The highest BCUT2D eigenvalue weighted by atomic mass is 32.1. The van der Waals surface area contributed by atoms with Gasteiger partial charge >= 0.3 is 5.97 Å². The maximum Gasteiger partial charge on any atom is 0.326 e. The fourth-order valence-electron chi connectivity index (χ4n) is 2.87. The maximum absolute atomic E-state index is 12.5. The fourth-order valence-corrected chi connectivity index (χ4v) is 3.13. The smallest absolute Gasteiger partial charge is 0.326 e. The molecule has 1 rings (SSSR count). The van der Waals surface area contributed by atoms with E-state index < -0.39 is 47.9 Å². The molecule has 0 saturated carbocycles. The Hall–Kier alpha value is -3.32. The van der Waals surface area contributed by atoms with E-state index in [0.717, 1.165) is 5.56 Å². The number of nitrogens with two attached hydrogens (primary N) is 3. The van der Waals surface area contributed by atoms with Crippen LogP contribution in [0.3, 0.4) is 0 Å². The lowest BCUT2D eigenvalue weighted by Crippen LogP contribution is -2.57. The number of amides is 3. The maximum atomic E-state index is 12.5. The average Bonchev–Trinajstić information content (AvgIpc) is 2.79. The number of hydrogen-bond acceptors (Lipinski definition) is 7. The summed E-state index contributed by atoms with van der Waals surface area (Å²) in [5.41, 5.74) is 17.2. The predicted molar refractivity (Wildman–Crippen MR) is 131 cm³/mol. The largest absolute Gasteiger partial charge is 0.480 e. The standard InChI is InChI=1S/C21H33N7O5S/c1-12(26-18(30)14(22)10-13-6-3-2-4-7-13)17(29)28-16(11-34)19(31)27-15(20(32)33)8-5-9-25-21(23)24/h2-4,6-7,12,14-16,34H,5,8-11,22H2,1H3,(H,26,30)(H,27,31)(H,28,29)(H,32,33)(H4,23,24,25). The minimum Gasteiger partial charge on any atom is -0.480 e. The van der Waals surface area contributed by atoms with E-state index in [1.807, 2.05) is 30.3 Å². The molecule has 0 bridgehead atoms. The summed E-state index contributed by atoms with van der Waals surface area (Å²) in [7, 11) is 0. The van der Waals surface area contributed by atoms with Crippen molar-refractivity contribution >= 4 is 42.3 Å². The molecule has 0 heterocycles. The Labute approximate surface area is 203 Å². The molecular formula is C21H33N7O5S. The van der Waals surface area contributed by atoms with Gasteiger partial charge in [-0.15, -0.1) is 0 Å². The lowest BCUT2D eigenvalue weighted by atomic mass is 10.1. The van der Waals surface area contributed by atoms with Crippen LogP contribution in [-0.4, -0.2) is 71.2 Å². The zero-order valence-electron chi connectivity index (χ0n) is 18.9. The Morgan fingerprint density at radius 2 is 1.62 bits per heavy atom. The van der Waals surface area contributed by atoms with Crippen LogP contribution in [0.5, 0.6) is 0 Å². The Balaban J connectivity index is 2.60. The lowest BCUT2D eigenvalue weighted by Gasteiger charge is -2.22. The molecule has 4 atom stereocenters. The van der Waals surface area contributed by atoms with Crippen LogP contribution in [0.15, 0.2) is 35.3 Å². The van der Waals surface area contributed by atoms with E-state index in [2.05, 4.69) is 33.6 Å². The number of carboxylic acids is 1. The van der Waals surface area contributed by atoms with Crippen molar-refractivity contribution in [2.45, 2.75) is 50.4 Å². The number of hydrogen-bond donors (Lipinski definition) is 8. The van der Waals surface area contributed by atoms with Gasteiger partial charge in [0.25, 0.3) is 0 Å². The third-order valence-electron chi connectivity index (χ3n) is 4.76. The van der Waals surface area contributed by atoms with Crippen LogP contribution < -0.4 is 33.2 Å². The van der Waals surface area contributed by atoms with Crippen molar-refractivity contribution in [2.24, 2.45) is 22.2 Å². The monoisotopic (exact) mass is 495 g/mol. The van der Waals surface area contributed by atoms with Crippen LogP contribution in [-0.2, 0) is 25.6 Å². The molecule has 4 unspecified atom stereocenters. The molecule has 188 valence electrons. The second-order valence-electron chi connectivity index (χ2n) is 7.62. The molecule has 0 radical (unpaired) electrons. The second-order valence-corrected chi connectivity index (χ2v) is 7.98. The van der Waals surface area contributed by atoms with Crippen molar-refractivity contribution in [2.75, 3.05) is 12.3 Å². The number of carbonyl (C=O) groups is 4. The van der Waals surface area contributed by atoms with Crippen LogP contribution in [0.4, 0.5) is 0 Å². The summed E-state index contributed by atoms with van der Waals surface area (Å²) >= 11 is 4.06. The highest BCUT2D eigenvalue weighted by Gasteiger charge is 2.28. The van der Waals surface area contributed by atoms with Gasteiger partial charge in [-0.3, -0.25) is 19.4 Å². The van der Waals surface area contributed by atoms with Crippen LogP contribution in [0.2, 0.25) is 0 Å². The first-order valence-corrected chi connectivity index (χ1v) is 11.3. The van der Waals surface area contributed by atoms with Gasteiger partial charge in [-0.05, 0) is 31.7 Å². The third-order valence-corrected chi connectivity index (χ3v) is 5.13. The van der Waals surface area contributed by atoms with Gasteiger partial charge in [0, 0.05) is 12.3 Å². The van der Waals surface area contributed by atoms with E-state index in [-0.39, 0.29) is 24.7 Å². The lowest BCUT2D eigenvalue weighted by molar-refractivity contribution is -0.142. The number of nitrogens with zero attached hydrogens (tertiary/aromatic N) is 1. The molecule has 0 aromatic heterocycles. The normalized spacial score (nSPS) is 14.1. The van der Waals surface area contributed by atoms with E-state index >= 15 is 0 Å². The van der Waals surface area contributed by atoms with E-state index in [9.17, 15) is 24.3 Å². The molecule has 12 nitrogen and oxygen atoms in total. The Morgan fingerprint density at radius 3 is 2.18 bits per heavy atom. The molecule has 10 N–H and O–H groups in total. The van der Waals surface area contributed by atoms with Crippen molar-refractivity contribution in [1.82, 2.24) is 16.0 Å². The third kappa shape index (κ3) is 10.5. The summed E-state index contributed by atoms with van der Waals surface area (Å²) in [6.45, 7) is 1.65. The van der Waals surface area contributed by atoms with Crippen molar-refractivity contribution in [1.29, 1.82) is 0 Å². The number of aliphatic imine (C=N–C) groups is 1. The summed E-state index contributed by atoms with van der Waals surface area (Å²) in [4.78, 5) is 52.6. The zero-order chi connectivity index (χ0) is 25.7. The molecule has 0 saturated heterocycles. The number of guanidine groups is 1. The van der Waals surface area contributed by atoms with Gasteiger partial charge in [-0.1, -0.05) is 30.3 Å². The van der Waals surface area contributed by atoms with Gasteiger partial charge in [0.1, 0.15) is 18.1 Å². The van der Waals surface area contributed by atoms with Crippen LogP contribution in [0, 0.1) is 0 Å². The summed E-state index contributed by atoms with van der Waals surface area (Å²) in [5.74, 6) is -3.34. The van der Waals surface area contributed by atoms with Crippen LogP contribution in [0.25, 0.3) is 0 Å². The number of benzene rings is 1. The number of aliphatic carboxylic acids is 1. The Kier molecular flexibility index (Phi) is 12.5. The SMILES string of the molecule is CC(NC(=O)C(N)Cc1ccccc1)C(=O)NC(CS)C(=O)NC(CCCN=C(N)N)C(=O)O. The molecular weight excluding hydrogens is 462 g/mol. The number of nitrogens with one attached hydrogen (secondary N) is 3. The summed E-state index contributed by atoms with van der Waals surface area (Å²) in [6.07, 6.45) is 0.693. The molecule has 0 aliphatic rings. The number of carboxylic acid groups (broad SMARTS) is 1. The Morgan fingerprint density at radius 1 is 1.00 bits per heavy atom. The topological polar surface area (TPSA) is 215 Å². The fraction of sp³-hybridized carbons (Fsp3) is 0.476. The highest BCUT2D eigenvalue weighted by molar-refractivity contribution is 7.80. The zero-order valence-corrected chi connectivity index (χ0v) is 19.8. The molecule has 0 aliphatic heterocycles. The minimum absolute atomic E-state index is 0.0802. The number of thiol groups is 1. The van der Waals surface area contributed by atoms with Crippen molar-refractivity contribution in [3.63, 3.8) is 0 Å². The van der Waals surface area contributed by atoms with E-state index in [4.69, 9.17) is 17.2 Å². The van der Waals surface area contributed by atoms with Crippen LogP contribution in [0.1, 0.15) is 25.3 Å². The quantitative estimate of drug-likeness (QED) is 0.0629. The predicted octanol–water partition coefficient (Wildman–Crippen LogP) is -1.90. The van der Waals surface area contributed by atoms with Gasteiger partial charge in [-0.25, -0.2) is 4.79 Å². The molecule has 3 amide bonds. The van der Waals surface area contributed by atoms with Crippen molar-refractivity contribution < 1.29 is 24.3 Å². The summed E-state index contributed by atoms with van der Waals surface area (Å²) in [5, 5.41) is 16.7. The number of carbonyl (C=O) groups excluding carboxylic acids is 3. The first-order chi connectivity index (χ1) is 16.0. The van der Waals surface area contributed by atoms with Gasteiger partial charge in [0.15, 0.2) is 5.96 Å². The van der Waals surface area contributed by atoms with Crippen LogP contribution >= 0.6 is 12.6 Å². The van der Waals surface area contributed by atoms with Crippen molar-refractivity contribution in [3.05, 3.63) is 35.9 Å². The second kappa shape index (κ2) is 14.8. The molecule has 13 heteroatoms.